The summed E-state index contributed by atoms with van der Waals surface area (Å²) < 4.78 is 12.5. The Morgan fingerprint density at radius 2 is 1.36 bits per heavy atom. The first kappa shape index (κ1) is 21.3. The van der Waals surface area contributed by atoms with Crippen molar-refractivity contribution in [2.75, 3.05) is 0 Å². The first-order chi connectivity index (χ1) is 11.6. The second-order valence-corrected chi connectivity index (χ2v) is 10.3. The lowest BCUT2D eigenvalue weighted by molar-refractivity contribution is -0.118. The summed E-state index contributed by atoms with van der Waals surface area (Å²) in [6.45, 7) is 10.0. The highest BCUT2D eigenvalue weighted by atomic mass is 32.2. The van der Waals surface area contributed by atoms with Crippen molar-refractivity contribution in [3.8, 4) is 0 Å². The average molecular weight is 388 g/mol. The van der Waals surface area contributed by atoms with E-state index < -0.39 is 15.5 Å². The highest BCUT2D eigenvalue weighted by Crippen LogP contribution is 2.50. The largest absolute Gasteiger partial charge is 0.388 e. The van der Waals surface area contributed by atoms with Crippen LogP contribution in [0.15, 0.2) is 23.0 Å². The van der Waals surface area contributed by atoms with Crippen LogP contribution in [0.1, 0.15) is 60.3 Å². The van der Waals surface area contributed by atoms with Gasteiger partial charge in [0.2, 0.25) is 0 Å². The molecule has 0 spiro atoms. The molecule has 2 rings (SSSR count). The highest BCUT2D eigenvalue weighted by Gasteiger charge is 2.50. The van der Waals surface area contributed by atoms with Crippen molar-refractivity contribution in [2.24, 2.45) is 5.73 Å². The van der Waals surface area contributed by atoms with Crippen molar-refractivity contribution in [1.82, 2.24) is 0 Å². The molecule has 144 valence electrons. The van der Waals surface area contributed by atoms with E-state index in [1.807, 2.05) is 34.6 Å². The normalized spacial score (nSPS) is 32.7. The zero-order valence-corrected chi connectivity index (χ0v) is 17.7. The fourth-order valence-corrected chi connectivity index (χ4v) is 5.96. The van der Waals surface area contributed by atoms with Crippen molar-refractivity contribution in [1.29, 1.82) is 0 Å². The third-order valence-corrected chi connectivity index (χ3v) is 6.85. The molecule has 6 heteroatoms. The minimum absolute atomic E-state index is 0.0909. The molecule has 0 aliphatic carbocycles. The number of ether oxygens (including phenoxy) is 2. The summed E-state index contributed by atoms with van der Waals surface area (Å²) in [5, 5.41) is 15.7. The van der Waals surface area contributed by atoms with Gasteiger partial charge in [-0.1, -0.05) is 35.7 Å². The van der Waals surface area contributed by atoms with Crippen LogP contribution in [-0.2, 0) is 9.47 Å². The first-order valence-electron chi connectivity index (χ1n) is 9.10. The molecule has 0 aromatic rings. The number of hydrogen-bond donors (Lipinski definition) is 2. The van der Waals surface area contributed by atoms with Crippen LogP contribution in [0.2, 0.25) is 0 Å². The summed E-state index contributed by atoms with van der Waals surface area (Å²) in [5.74, 6) is 0. The van der Waals surface area contributed by atoms with Gasteiger partial charge in [0.1, 0.15) is 9.87 Å². The van der Waals surface area contributed by atoms with Gasteiger partial charge in [0.25, 0.3) is 0 Å². The standard InChI is InChI=1S/C19H33NO3S2/c1-14(2)22-18(8-6-10-24-18)12-17(21,16(5)20)13-19(23-15(3)4)9-7-11-25-19/h6-7,10-11,14-16,21H,8-9,12-13,20H2,1-5H3. The topological polar surface area (TPSA) is 64.7 Å². The molecule has 0 saturated heterocycles. The van der Waals surface area contributed by atoms with Crippen LogP contribution in [-0.4, -0.2) is 38.8 Å². The zero-order chi connectivity index (χ0) is 18.7. The Bertz CT molecular complexity index is 449. The number of rotatable bonds is 9. The Morgan fingerprint density at radius 3 is 1.60 bits per heavy atom. The van der Waals surface area contributed by atoms with E-state index in [1.165, 1.54) is 0 Å². The summed E-state index contributed by atoms with van der Waals surface area (Å²) in [7, 11) is 0. The van der Waals surface area contributed by atoms with E-state index >= 15 is 0 Å². The second kappa shape index (κ2) is 8.36. The SMILES string of the molecule is CC(C)OC1(CC(O)(CC2(OC(C)C)CC=CS2)C(C)N)CC=CS1. The van der Waals surface area contributed by atoms with E-state index in [2.05, 4.69) is 23.0 Å². The van der Waals surface area contributed by atoms with Crippen LogP contribution < -0.4 is 5.73 Å². The molecule has 0 aromatic carbocycles. The number of hydrogen-bond acceptors (Lipinski definition) is 6. The average Bonchev–Trinajstić information content (AvgIpc) is 3.07. The van der Waals surface area contributed by atoms with Gasteiger partial charge in [-0.2, -0.15) is 0 Å². The molecule has 2 aliphatic rings. The molecule has 2 heterocycles. The van der Waals surface area contributed by atoms with E-state index in [9.17, 15) is 5.11 Å². The fraction of sp³-hybridized carbons (Fsp3) is 0.789. The lowest BCUT2D eigenvalue weighted by Crippen LogP contribution is -2.55. The van der Waals surface area contributed by atoms with E-state index in [4.69, 9.17) is 15.2 Å². The van der Waals surface area contributed by atoms with Gasteiger partial charge in [-0.15, -0.1) is 0 Å². The maximum Gasteiger partial charge on any atom is 0.124 e. The molecule has 4 nitrogen and oxygen atoms in total. The van der Waals surface area contributed by atoms with Crippen molar-refractivity contribution >= 4 is 23.5 Å². The first-order valence-corrected chi connectivity index (χ1v) is 10.9. The smallest absolute Gasteiger partial charge is 0.124 e. The van der Waals surface area contributed by atoms with E-state index in [0.29, 0.717) is 12.8 Å². The fourth-order valence-electron chi connectivity index (χ4n) is 3.53. The van der Waals surface area contributed by atoms with Crippen LogP contribution in [0, 0.1) is 0 Å². The summed E-state index contributed by atoms with van der Waals surface area (Å²) >= 11 is 3.30. The van der Waals surface area contributed by atoms with Gasteiger partial charge in [0.15, 0.2) is 0 Å². The van der Waals surface area contributed by atoms with E-state index in [-0.39, 0.29) is 18.2 Å². The van der Waals surface area contributed by atoms with E-state index in [1.54, 1.807) is 23.5 Å². The molecular formula is C19H33NO3S2. The molecule has 2 aliphatic heterocycles. The van der Waals surface area contributed by atoms with Gasteiger partial charge in [0, 0.05) is 31.7 Å². The quantitative estimate of drug-likeness (QED) is 0.612. The van der Waals surface area contributed by atoms with Crippen molar-refractivity contribution in [3.63, 3.8) is 0 Å². The Labute approximate surface area is 161 Å². The molecular weight excluding hydrogens is 354 g/mol. The Balaban J connectivity index is 2.21. The van der Waals surface area contributed by atoms with Crippen LogP contribution in [0.5, 0.6) is 0 Å². The van der Waals surface area contributed by atoms with Gasteiger partial charge in [0.05, 0.1) is 17.8 Å². The van der Waals surface area contributed by atoms with Crippen LogP contribution in [0.3, 0.4) is 0 Å². The summed E-state index contributed by atoms with van der Waals surface area (Å²) in [5.41, 5.74) is 5.22. The Morgan fingerprint density at radius 1 is 0.960 bits per heavy atom. The minimum atomic E-state index is -1.07. The molecule has 0 aromatic heterocycles. The number of thioether (sulfide) groups is 2. The lowest BCUT2D eigenvalue weighted by atomic mass is 9.82. The third-order valence-electron chi connectivity index (χ3n) is 4.52. The maximum absolute atomic E-state index is 11.6. The summed E-state index contributed by atoms with van der Waals surface area (Å²) in [6.07, 6.45) is 6.94. The van der Waals surface area contributed by atoms with Gasteiger partial charge < -0.3 is 20.3 Å². The molecule has 3 atom stereocenters. The molecule has 0 fully saturated rings. The van der Waals surface area contributed by atoms with Gasteiger partial charge in [-0.05, 0) is 45.4 Å². The van der Waals surface area contributed by atoms with Gasteiger partial charge in [-0.25, -0.2) is 0 Å². The summed E-state index contributed by atoms with van der Waals surface area (Å²) in [6, 6.07) is -0.379. The molecule has 0 amide bonds. The highest BCUT2D eigenvalue weighted by molar-refractivity contribution is 8.03. The zero-order valence-electron chi connectivity index (χ0n) is 16.0. The molecule has 0 bridgehead atoms. The molecule has 3 unspecified atom stereocenters. The molecule has 25 heavy (non-hydrogen) atoms. The lowest BCUT2D eigenvalue weighted by Gasteiger charge is -2.45. The molecule has 0 saturated carbocycles. The predicted molar refractivity (Wildman–Crippen MR) is 108 cm³/mol. The number of aliphatic hydroxyl groups is 1. The minimum Gasteiger partial charge on any atom is -0.388 e. The molecule has 3 N–H and O–H groups in total. The predicted octanol–water partition coefficient (Wildman–Crippen LogP) is 4.39. The maximum atomic E-state index is 11.6. The van der Waals surface area contributed by atoms with Gasteiger partial charge in [-0.3, -0.25) is 0 Å². The second-order valence-electron chi connectivity index (χ2n) is 7.79. The number of nitrogens with two attached hydrogens (primary N) is 1. The Hall–Kier alpha value is 0.0200. The molecule has 0 radical (unpaired) electrons. The van der Waals surface area contributed by atoms with Crippen LogP contribution in [0.4, 0.5) is 0 Å². The van der Waals surface area contributed by atoms with Crippen LogP contribution in [0.25, 0.3) is 0 Å². The Kier molecular flexibility index (Phi) is 7.13. The van der Waals surface area contributed by atoms with Crippen molar-refractivity contribution < 1.29 is 14.6 Å². The van der Waals surface area contributed by atoms with Crippen molar-refractivity contribution in [2.45, 2.75) is 94.0 Å². The van der Waals surface area contributed by atoms with E-state index in [0.717, 1.165) is 12.8 Å². The monoisotopic (exact) mass is 387 g/mol. The van der Waals surface area contributed by atoms with Crippen LogP contribution >= 0.6 is 23.5 Å². The third kappa shape index (κ3) is 5.50. The summed E-state index contributed by atoms with van der Waals surface area (Å²) in [4.78, 5) is -0.904. The van der Waals surface area contributed by atoms with Gasteiger partial charge >= 0.3 is 0 Å². The van der Waals surface area contributed by atoms with Crippen molar-refractivity contribution in [3.05, 3.63) is 23.0 Å².